The van der Waals surface area contributed by atoms with Crippen LogP contribution in [-0.4, -0.2) is 46.5 Å². The molecule has 4 unspecified atom stereocenters. The lowest BCUT2D eigenvalue weighted by Crippen LogP contribution is -2.63. The SMILES string of the molecule is C[C@]12C(CC[C@@H]3[C@H]1CC[C@]1(C)C(O)CC[C@@H]31)CC(O)CC2N1CCCC1. The number of likely N-dealkylation sites (tertiary alicyclic amines) is 1. The van der Waals surface area contributed by atoms with Gasteiger partial charge in [-0.3, -0.25) is 4.90 Å². The molecule has 3 heteroatoms. The minimum atomic E-state index is -0.0858. The number of hydrogen-bond acceptors (Lipinski definition) is 3. The topological polar surface area (TPSA) is 43.7 Å². The zero-order chi connectivity index (χ0) is 18.1. The van der Waals surface area contributed by atoms with E-state index < -0.39 is 0 Å². The Morgan fingerprint density at radius 3 is 2.38 bits per heavy atom. The van der Waals surface area contributed by atoms with Gasteiger partial charge in [-0.15, -0.1) is 0 Å². The highest BCUT2D eigenvalue weighted by molar-refractivity contribution is 5.13. The third-order valence-corrected chi connectivity index (χ3v) is 10.3. The van der Waals surface area contributed by atoms with E-state index in [1.165, 1.54) is 58.0 Å². The highest BCUT2D eigenvalue weighted by Crippen LogP contribution is 2.66. The molecule has 4 saturated carbocycles. The molecule has 0 radical (unpaired) electrons. The lowest BCUT2D eigenvalue weighted by Gasteiger charge is -2.64. The Bertz CT molecular complexity index is 546. The molecule has 1 heterocycles. The Balaban J connectivity index is 1.49. The number of fused-ring (bicyclic) bond motifs is 5. The fraction of sp³-hybridized carbons (Fsp3) is 1.00. The second-order valence-electron chi connectivity index (χ2n) is 11.0. The van der Waals surface area contributed by atoms with Crippen LogP contribution in [0.5, 0.6) is 0 Å². The largest absolute Gasteiger partial charge is 0.393 e. The summed E-state index contributed by atoms with van der Waals surface area (Å²) < 4.78 is 0. The van der Waals surface area contributed by atoms with Crippen LogP contribution < -0.4 is 0 Å². The molecule has 5 fully saturated rings. The van der Waals surface area contributed by atoms with Crippen molar-refractivity contribution in [1.82, 2.24) is 4.90 Å². The highest BCUT2D eigenvalue weighted by Gasteiger charge is 2.62. The maximum Gasteiger partial charge on any atom is 0.0596 e. The molecule has 0 aromatic heterocycles. The summed E-state index contributed by atoms with van der Waals surface area (Å²) in [5.74, 6) is 3.06. The van der Waals surface area contributed by atoms with Crippen molar-refractivity contribution >= 4 is 0 Å². The van der Waals surface area contributed by atoms with Crippen molar-refractivity contribution in [2.75, 3.05) is 13.1 Å². The van der Waals surface area contributed by atoms with Gasteiger partial charge in [0, 0.05) is 6.04 Å². The van der Waals surface area contributed by atoms with Crippen LogP contribution >= 0.6 is 0 Å². The highest BCUT2D eigenvalue weighted by atomic mass is 16.3. The van der Waals surface area contributed by atoms with Crippen molar-refractivity contribution < 1.29 is 10.2 Å². The quantitative estimate of drug-likeness (QED) is 0.746. The predicted octanol–water partition coefficient (Wildman–Crippen LogP) is 3.83. The molecule has 0 aromatic carbocycles. The van der Waals surface area contributed by atoms with Gasteiger partial charge in [0.2, 0.25) is 0 Å². The van der Waals surface area contributed by atoms with Crippen LogP contribution in [0.4, 0.5) is 0 Å². The first-order chi connectivity index (χ1) is 12.4. The zero-order valence-electron chi connectivity index (χ0n) is 16.9. The standard InChI is InChI=1S/C23H39NO2/c1-22-10-9-19-17(18(22)7-8-21(22)26)6-5-15-13-16(25)14-20(23(15,19)2)24-11-3-4-12-24/h15-21,25-26H,3-14H2,1-2H3/t15?,16?,17-,18-,19+,20?,21?,22-,23-/m0/s1. The average Bonchev–Trinajstić information content (AvgIpc) is 3.24. The lowest BCUT2D eigenvalue weighted by atomic mass is 9.43. The van der Waals surface area contributed by atoms with Crippen LogP contribution in [0.15, 0.2) is 0 Å². The molecule has 0 aromatic rings. The Kier molecular flexibility index (Phi) is 4.27. The van der Waals surface area contributed by atoms with E-state index in [4.69, 9.17) is 0 Å². The summed E-state index contributed by atoms with van der Waals surface area (Å²) in [6.45, 7) is 7.51. The molecule has 5 aliphatic rings. The zero-order valence-corrected chi connectivity index (χ0v) is 16.9. The summed E-state index contributed by atoms with van der Waals surface area (Å²) in [4.78, 5) is 2.76. The van der Waals surface area contributed by atoms with Gasteiger partial charge in [-0.1, -0.05) is 13.8 Å². The molecular formula is C23H39NO2. The molecule has 5 rings (SSSR count). The molecule has 148 valence electrons. The number of aliphatic hydroxyl groups is 2. The van der Waals surface area contributed by atoms with Crippen LogP contribution in [0.3, 0.4) is 0 Å². The van der Waals surface area contributed by atoms with Crippen molar-refractivity contribution in [3.8, 4) is 0 Å². The van der Waals surface area contributed by atoms with Gasteiger partial charge in [0.15, 0.2) is 0 Å². The van der Waals surface area contributed by atoms with Gasteiger partial charge in [-0.05, 0) is 112 Å². The molecule has 0 spiro atoms. The van der Waals surface area contributed by atoms with Gasteiger partial charge in [0.1, 0.15) is 0 Å². The minimum Gasteiger partial charge on any atom is -0.393 e. The Morgan fingerprint density at radius 1 is 0.846 bits per heavy atom. The van der Waals surface area contributed by atoms with E-state index in [0.29, 0.717) is 17.4 Å². The molecule has 26 heavy (non-hydrogen) atoms. The first-order valence-electron chi connectivity index (χ1n) is 11.5. The summed E-state index contributed by atoms with van der Waals surface area (Å²) in [5, 5.41) is 21.3. The summed E-state index contributed by atoms with van der Waals surface area (Å²) in [7, 11) is 0. The van der Waals surface area contributed by atoms with Crippen LogP contribution in [0.1, 0.15) is 78.1 Å². The van der Waals surface area contributed by atoms with E-state index in [2.05, 4.69) is 18.7 Å². The molecule has 4 aliphatic carbocycles. The van der Waals surface area contributed by atoms with Gasteiger partial charge >= 0.3 is 0 Å². The summed E-state index contributed by atoms with van der Waals surface area (Å²) >= 11 is 0. The summed E-state index contributed by atoms with van der Waals surface area (Å²) in [6.07, 6.45) is 12.0. The van der Waals surface area contributed by atoms with Gasteiger partial charge in [-0.25, -0.2) is 0 Å². The third kappa shape index (κ3) is 2.35. The van der Waals surface area contributed by atoms with E-state index >= 15 is 0 Å². The number of aliphatic hydroxyl groups excluding tert-OH is 2. The predicted molar refractivity (Wildman–Crippen MR) is 104 cm³/mol. The van der Waals surface area contributed by atoms with Crippen molar-refractivity contribution in [3.05, 3.63) is 0 Å². The molecule has 9 atom stereocenters. The molecule has 0 bridgehead atoms. The van der Waals surface area contributed by atoms with Crippen LogP contribution in [0, 0.1) is 34.5 Å². The van der Waals surface area contributed by atoms with Crippen molar-refractivity contribution in [2.45, 2.75) is 96.3 Å². The molecule has 3 nitrogen and oxygen atoms in total. The fourth-order valence-corrected chi connectivity index (χ4v) is 8.87. The van der Waals surface area contributed by atoms with E-state index in [9.17, 15) is 10.2 Å². The van der Waals surface area contributed by atoms with Gasteiger partial charge in [0.05, 0.1) is 12.2 Å². The third-order valence-electron chi connectivity index (χ3n) is 10.3. The maximum atomic E-state index is 10.7. The first-order valence-corrected chi connectivity index (χ1v) is 11.5. The smallest absolute Gasteiger partial charge is 0.0596 e. The molecule has 2 N–H and O–H groups in total. The number of rotatable bonds is 1. The Labute approximate surface area is 159 Å². The number of hydrogen-bond donors (Lipinski definition) is 2. The van der Waals surface area contributed by atoms with E-state index in [0.717, 1.165) is 37.0 Å². The van der Waals surface area contributed by atoms with Crippen molar-refractivity contribution in [2.24, 2.45) is 34.5 Å². The van der Waals surface area contributed by atoms with Crippen molar-refractivity contribution in [3.63, 3.8) is 0 Å². The van der Waals surface area contributed by atoms with Crippen LogP contribution in [0.25, 0.3) is 0 Å². The molecule has 1 aliphatic heterocycles. The molecular weight excluding hydrogens is 322 g/mol. The fourth-order valence-electron chi connectivity index (χ4n) is 8.87. The number of nitrogens with zero attached hydrogens (tertiary/aromatic N) is 1. The van der Waals surface area contributed by atoms with E-state index in [1.54, 1.807) is 0 Å². The molecule has 0 amide bonds. The second-order valence-corrected chi connectivity index (χ2v) is 11.0. The van der Waals surface area contributed by atoms with E-state index in [1.807, 2.05) is 0 Å². The summed E-state index contributed by atoms with van der Waals surface area (Å²) in [5.41, 5.74) is 0.559. The lowest BCUT2D eigenvalue weighted by molar-refractivity contribution is -0.165. The summed E-state index contributed by atoms with van der Waals surface area (Å²) in [6, 6.07) is 0.585. The minimum absolute atomic E-state index is 0.0680. The van der Waals surface area contributed by atoms with Gasteiger partial charge in [0.25, 0.3) is 0 Å². The monoisotopic (exact) mass is 361 g/mol. The average molecular weight is 362 g/mol. The molecule has 1 saturated heterocycles. The van der Waals surface area contributed by atoms with E-state index in [-0.39, 0.29) is 17.6 Å². The van der Waals surface area contributed by atoms with Crippen LogP contribution in [0.2, 0.25) is 0 Å². The van der Waals surface area contributed by atoms with Gasteiger partial charge < -0.3 is 10.2 Å². The normalized spacial score (nSPS) is 57.5. The van der Waals surface area contributed by atoms with Crippen LogP contribution in [-0.2, 0) is 0 Å². The van der Waals surface area contributed by atoms with Gasteiger partial charge in [-0.2, -0.15) is 0 Å². The maximum absolute atomic E-state index is 10.7. The van der Waals surface area contributed by atoms with Crippen molar-refractivity contribution in [1.29, 1.82) is 0 Å². The Hall–Kier alpha value is -0.120. The second kappa shape index (κ2) is 6.19. The first kappa shape index (κ1) is 17.9. The Morgan fingerprint density at radius 2 is 1.62 bits per heavy atom.